The molecule has 2 rings (SSSR count). The van der Waals surface area contributed by atoms with E-state index in [-0.39, 0.29) is 27.2 Å². The van der Waals surface area contributed by atoms with E-state index in [2.05, 4.69) is 9.72 Å². The number of nitrogens with two attached hydrogens (primary N) is 1. The van der Waals surface area contributed by atoms with Crippen LogP contribution < -0.4 is 10.5 Å². The molecule has 0 saturated carbocycles. The van der Waals surface area contributed by atoms with Crippen molar-refractivity contribution in [2.75, 3.05) is 5.73 Å². The third kappa shape index (κ3) is 3.20. The van der Waals surface area contributed by atoms with Crippen LogP contribution in [0.3, 0.4) is 0 Å². The van der Waals surface area contributed by atoms with E-state index < -0.39 is 18.3 Å². The van der Waals surface area contributed by atoms with E-state index in [0.717, 1.165) is 0 Å². The van der Waals surface area contributed by atoms with Gasteiger partial charge >= 0.3 is 12.6 Å². The molecule has 0 unspecified atom stereocenters. The number of carboxylic acid groups (broad SMARTS) is 1. The molecule has 0 fully saturated rings. The average molecular weight is 349 g/mol. The Balaban J connectivity index is 2.50. The van der Waals surface area contributed by atoms with Crippen LogP contribution >= 0.6 is 23.2 Å². The van der Waals surface area contributed by atoms with Crippen molar-refractivity contribution in [1.82, 2.24) is 4.98 Å². The SMILES string of the molecule is Nc1c(Cl)c(C(=O)O)nc(-c2ccc(OC(F)F)cc2)c1Cl. The van der Waals surface area contributed by atoms with Crippen LogP contribution in [0, 0.1) is 0 Å². The molecule has 0 amide bonds. The second-order valence-corrected chi connectivity index (χ2v) is 4.81. The van der Waals surface area contributed by atoms with E-state index in [0.29, 0.717) is 5.56 Å². The second-order valence-electron chi connectivity index (χ2n) is 4.06. The lowest BCUT2D eigenvalue weighted by molar-refractivity contribution is -0.0498. The van der Waals surface area contributed by atoms with Crippen molar-refractivity contribution >= 4 is 34.9 Å². The molecule has 1 aromatic heterocycles. The van der Waals surface area contributed by atoms with Crippen molar-refractivity contribution in [1.29, 1.82) is 0 Å². The van der Waals surface area contributed by atoms with Crippen LogP contribution in [0.1, 0.15) is 10.5 Å². The second kappa shape index (κ2) is 6.33. The fraction of sp³-hybridized carbons (Fsp3) is 0.0769. The smallest absolute Gasteiger partial charge is 0.387 e. The van der Waals surface area contributed by atoms with E-state index >= 15 is 0 Å². The summed E-state index contributed by atoms with van der Waals surface area (Å²) in [5.74, 6) is -1.43. The fourth-order valence-electron chi connectivity index (χ4n) is 1.69. The summed E-state index contributed by atoms with van der Waals surface area (Å²) in [5.41, 5.74) is 5.53. The highest BCUT2D eigenvalue weighted by molar-refractivity contribution is 6.41. The van der Waals surface area contributed by atoms with E-state index in [9.17, 15) is 13.6 Å². The van der Waals surface area contributed by atoms with Gasteiger partial charge in [0.15, 0.2) is 5.69 Å². The number of carboxylic acids is 1. The van der Waals surface area contributed by atoms with Gasteiger partial charge in [-0.2, -0.15) is 8.78 Å². The van der Waals surface area contributed by atoms with E-state index in [4.69, 9.17) is 34.0 Å². The summed E-state index contributed by atoms with van der Waals surface area (Å²) >= 11 is 11.8. The average Bonchev–Trinajstić information content (AvgIpc) is 2.45. The summed E-state index contributed by atoms with van der Waals surface area (Å²) < 4.78 is 28.4. The van der Waals surface area contributed by atoms with Gasteiger partial charge in [-0.05, 0) is 24.3 Å². The number of alkyl halides is 2. The monoisotopic (exact) mass is 348 g/mol. The molecule has 0 aliphatic carbocycles. The third-order valence-corrected chi connectivity index (χ3v) is 3.43. The maximum absolute atomic E-state index is 12.1. The number of nitrogens with zero attached hydrogens (tertiary/aromatic N) is 1. The molecule has 0 aliphatic rings. The van der Waals surface area contributed by atoms with Crippen molar-refractivity contribution in [2.24, 2.45) is 0 Å². The number of aromatic nitrogens is 1. The van der Waals surface area contributed by atoms with Gasteiger partial charge in [0.1, 0.15) is 5.75 Å². The van der Waals surface area contributed by atoms with Gasteiger partial charge in [-0.15, -0.1) is 0 Å². The molecule has 116 valence electrons. The fourth-order valence-corrected chi connectivity index (χ4v) is 2.20. The number of aromatic carboxylic acids is 1. The number of rotatable bonds is 4. The Morgan fingerprint density at radius 2 is 1.82 bits per heavy atom. The molecule has 2 aromatic rings. The quantitative estimate of drug-likeness (QED) is 0.873. The molecule has 22 heavy (non-hydrogen) atoms. The van der Waals surface area contributed by atoms with Gasteiger partial charge in [0, 0.05) is 5.56 Å². The van der Waals surface area contributed by atoms with E-state index in [1.165, 1.54) is 24.3 Å². The topological polar surface area (TPSA) is 85.4 Å². The normalized spacial score (nSPS) is 10.8. The Labute approximate surface area is 133 Å². The lowest BCUT2D eigenvalue weighted by Gasteiger charge is -2.11. The van der Waals surface area contributed by atoms with Crippen LogP contribution in [0.25, 0.3) is 11.3 Å². The van der Waals surface area contributed by atoms with Gasteiger partial charge in [0.05, 0.1) is 21.4 Å². The highest BCUT2D eigenvalue weighted by Crippen LogP contribution is 2.37. The Hall–Kier alpha value is -2.12. The molecular weight excluding hydrogens is 341 g/mol. The molecule has 3 N–H and O–H groups in total. The zero-order valence-electron chi connectivity index (χ0n) is 10.7. The molecule has 0 saturated heterocycles. The Morgan fingerprint density at radius 1 is 1.23 bits per heavy atom. The number of halogens is 4. The van der Waals surface area contributed by atoms with Gasteiger partial charge in [-0.25, -0.2) is 9.78 Å². The zero-order chi connectivity index (χ0) is 16.4. The Bertz CT molecular complexity index is 724. The number of nitrogen functional groups attached to an aromatic ring is 1. The molecule has 0 bridgehead atoms. The largest absolute Gasteiger partial charge is 0.476 e. The van der Waals surface area contributed by atoms with Crippen LogP contribution in [-0.2, 0) is 0 Å². The lowest BCUT2D eigenvalue weighted by Crippen LogP contribution is -2.06. The Kier molecular flexibility index (Phi) is 4.68. The van der Waals surface area contributed by atoms with Crippen molar-refractivity contribution in [3.05, 3.63) is 40.0 Å². The molecule has 5 nitrogen and oxygen atoms in total. The number of ether oxygens (including phenoxy) is 1. The van der Waals surface area contributed by atoms with Crippen LogP contribution in [0.5, 0.6) is 5.75 Å². The first-order valence-electron chi connectivity index (χ1n) is 5.74. The molecular formula is C13H8Cl2F2N2O3. The molecule has 9 heteroatoms. The number of carbonyl (C=O) groups is 1. The number of benzene rings is 1. The summed E-state index contributed by atoms with van der Waals surface area (Å²) in [7, 11) is 0. The van der Waals surface area contributed by atoms with Crippen LogP contribution in [-0.4, -0.2) is 22.7 Å². The van der Waals surface area contributed by atoms with Crippen LogP contribution in [0.15, 0.2) is 24.3 Å². The number of pyridine rings is 1. The summed E-state index contributed by atoms with van der Waals surface area (Å²) in [6, 6.07) is 5.32. The first-order chi connectivity index (χ1) is 10.3. The van der Waals surface area contributed by atoms with Gasteiger partial charge in [-0.3, -0.25) is 0 Å². The number of hydrogen-bond acceptors (Lipinski definition) is 4. The highest BCUT2D eigenvalue weighted by atomic mass is 35.5. The highest BCUT2D eigenvalue weighted by Gasteiger charge is 2.20. The van der Waals surface area contributed by atoms with Gasteiger partial charge in [-0.1, -0.05) is 23.2 Å². The van der Waals surface area contributed by atoms with Gasteiger partial charge in [0.25, 0.3) is 0 Å². The molecule has 0 aliphatic heterocycles. The lowest BCUT2D eigenvalue weighted by atomic mass is 10.1. The van der Waals surface area contributed by atoms with Crippen molar-refractivity contribution in [2.45, 2.75) is 6.61 Å². The number of anilines is 1. The van der Waals surface area contributed by atoms with E-state index in [1.807, 2.05) is 0 Å². The summed E-state index contributed by atoms with van der Waals surface area (Å²) in [5, 5.41) is 8.75. The maximum Gasteiger partial charge on any atom is 0.387 e. The first-order valence-corrected chi connectivity index (χ1v) is 6.50. The molecule has 0 radical (unpaired) electrons. The molecule has 1 aromatic carbocycles. The Morgan fingerprint density at radius 3 is 2.32 bits per heavy atom. The molecule has 1 heterocycles. The minimum Gasteiger partial charge on any atom is -0.476 e. The minimum absolute atomic E-state index is 0.0301. The zero-order valence-corrected chi connectivity index (χ0v) is 12.2. The third-order valence-electron chi connectivity index (χ3n) is 2.67. The van der Waals surface area contributed by atoms with Gasteiger partial charge < -0.3 is 15.6 Å². The summed E-state index contributed by atoms with van der Waals surface area (Å²) in [6.45, 7) is -2.95. The van der Waals surface area contributed by atoms with Crippen LogP contribution in [0.2, 0.25) is 10.0 Å². The summed E-state index contributed by atoms with van der Waals surface area (Å²) in [4.78, 5) is 15.0. The van der Waals surface area contributed by atoms with Crippen LogP contribution in [0.4, 0.5) is 14.5 Å². The van der Waals surface area contributed by atoms with Crippen molar-refractivity contribution in [3.63, 3.8) is 0 Å². The standard InChI is InChI=1S/C13H8Cl2F2N2O3/c14-7-9(18)8(15)11(12(20)21)19-10(7)5-1-3-6(4-2-5)22-13(16)17/h1-4,13H,(H2,18,19)(H,20,21). The molecule has 0 spiro atoms. The van der Waals surface area contributed by atoms with Crippen molar-refractivity contribution < 1.29 is 23.4 Å². The van der Waals surface area contributed by atoms with E-state index in [1.54, 1.807) is 0 Å². The summed E-state index contributed by atoms with van der Waals surface area (Å²) in [6.07, 6.45) is 0. The van der Waals surface area contributed by atoms with Gasteiger partial charge in [0.2, 0.25) is 0 Å². The minimum atomic E-state index is -2.95. The van der Waals surface area contributed by atoms with Crippen molar-refractivity contribution in [3.8, 4) is 17.0 Å². The predicted octanol–water partition coefficient (Wildman–Crippen LogP) is 3.94. The molecule has 0 atom stereocenters. The number of hydrogen-bond donors (Lipinski definition) is 2. The first kappa shape index (κ1) is 16.3. The predicted molar refractivity (Wildman–Crippen MR) is 77.7 cm³/mol. The maximum atomic E-state index is 12.1.